The van der Waals surface area contributed by atoms with Gasteiger partial charge in [0.25, 0.3) is 5.91 Å². The molecule has 2 fully saturated rings. The van der Waals surface area contributed by atoms with Gasteiger partial charge in [-0.25, -0.2) is 0 Å². The molecule has 1 spiro atoms. The van der Waals surface area contributed by atoms with E-state index in [0.29, 0.717) is 44.5 Å². The van der Waals surface area contributed by atoms with Crippen LogP contribution in [-0.2, 0) is 16.0 Å². The molecule has 7 nitrogen and oxygen atoms in total. The predicted octanol–water partition coefficient (Wildman–Crippen LogP) is 2.56. The number of rotatable bonds is 5. The van der Waals surface area contributed by atoms with Crippen LogP contribution >= 0.6 is 0 Å². The molecule has 0 unspecified atom stereocenters. The van der Waals surface area contributed by atoms with E-state index in [4.69, 9.17) is 0 Å². The lowest BCUT2D eigenvalue weighted by molar-refractivity contribution is -0.128. The Morgan fingerprint density at radius 3 is 2.82 bits per heavy atom. The molecule has 1 aromatic heterocycles. The molecule has 3 aromatic rings. The van der Waals surface area contributed by atoms with Crippen molar-refractivity contribution in [2.45, 2.75) is 32.2 Å². The summed E-state index contributed by atoms with van der Waals surface area (Å²) in [6.45, 7) is 3.44. The highest BCUT2D eigenvalue weighted by Crippen LogP contribution is 2.40. The molecule has 3 N–H and O–H groups in total. The number of aromatic amines is 1. The quantitative estimate of drug-likeness (QED) is 0.565. The minimum absolute atomic E-state index is 0.0675. The first-order valence-corrected chi connectivity index (χ1v) is 11.4. The lowest BCUT2D eigenvalue weighted by Crippen LogP contribution is -2.42. The fourth-order valence-corrected chi connectivity index (χ4v) is 5.11. The SMILES string of the molecule is Cc1ccc2[nH]cc(CCNC(=O)[C@@H]3C[C@]4(CCN(C(=O)c5ccccc5)C4)C(=O)N3)c2c1. The van der Waals surface area contributed by atoms with Crippen LogP contribution in [0.25, 0.3) is 10.9 Å². The molecule has 7 heteroatoms. The van der Waals surface area contributed by atoms with Crippen molar-refractivity contribution in [1.82, 2.24) is 20.5 Å². The number of H-pyrrole nitrogens is 1. The third-order valence-corrected chi connectivity index (χ3v) is 6.98. The van der Waals surface area contributed by atoms with Crippen LogP contribution in [0.2, 0.25) is 0 Å². The van der Waals surface area contributed by atoms with Crippen LogP contribution in [0.3, 0.4) is 0 Å². The first-order chi connectivity index (χ1) is 15.9. The highest BCUT2D eigenvalue weighted by Gasteiger charge is 2.53. The number of hydrogen-bond acceptors (Lipinski definition) is 3. The molecule has 0 saturated carbocycles. The predicted molar refractivity (Wildman–Crippen MR) is 126 cm³/mol. The van der Waals surface area contributed by atoms with Crippen molar-refractivity contribution >= 4 is 28.6 Å². The second kappa shape index (κ2) is 8.39. The molecule has 2 aromatic carbocycles. The van der Waals surface area contributed by atoms with Crippen LogP contribution in [0, 0.1) is 12.3 Å². The first kappa shape index (κ1) is 21.2. The van der Waals surface area contributed by atoms with Gasteiger partial charge in [0.2, 0.25) is 11.8 Å². The molecule has 33 heavy (non-hydrogen) atoms. The molecule has 170 valence electrons. The van der Waals surface area contributed by atoms with E-state index in [1.165, 1.54) is 10.9 Å². The molecule has 0 bridgehead atoms. The summed E-state index contributed by atoms with van der Waals surface area (Å²) in [5, 5.41) is 7.02. The van der Waals surface area contributed by atoms with E-state index < -0.39 is 11.5 Å². The fourth-order valence-electron chi connectivity index (χ4n) is 5.11. The van der Waals surface area contributed by atoms with Crippen LogP contribution in [-0.4, -0.2) is 53.3 Å². The van der Waals surface area contributed by atoms with Crippen molar-refractivity contribution < 1.29 is 14.4 Å². The second-order valence-corrected chi connectivity index (χ2v) is 9.26. The summed E-state index contributed by atoms with van der Waals surface area (Å²) in [7, 11) is 0. The third kappa shape index (κ3) is 3.99. The van der Waals surface area contributed by atoms with Gasteiger partial charge in [0, 0.05) is 42.3 Å². The Morgan fingerprint density at radius 2 is 2.00 bits per heavy atom. The van der Waals surface area contributed by atoms with Crippen molar-refractivity contribution in [3.63, 3.8) is 0 Å². The Labute approximate surface area is 192 Å². The number of hydrogen-bond donors (Lipinski definition) is 3. The normalized spacial score (nSPS) is 22.2. The Balaban J connectivity index is 1.17. The number of aromatic nitrogens is 1. The number of aryl methyl sites for hydroxylation is 1. The molecule has 0 aliphatic carbocycles. The van der Waals surface area contributed by atoms with E-state index in [1.54, 1.807) is 17.0 Å². The average Bonchev–Trinajstić information content (AvgIpc) is 3.52. The Hall–Kier alpha value is -3.61. The minimum Gasteiger partial charge on any atom is -0.361 e. The van der Waals surface area contributed by atoms with Gasteiger partial charge in [-0.1, -0.05) is 29.8 Å². The highest BCUT2D eigenvalue weighted by molar-refractivity contribution is 5.97. The number of nitrogens with zero attached hydrogens (tertiary/aromatic N) is 1. The van der Waals surface area contributed by atoms with Crippen molar-refractivity contribution in [2.75, 3.05) is 19.6 Å². The molecule has 2 aliphatic rings. The number of amides is 3. The Bertz CT molecular complexity index is 1220. The highest BCUT2D eigenvalue weighted by atomic mass is 16.2. The monoisotopic (exact) mass is 444 g/mol. The number of nitrogens with one attached hydrogen (secondary N) is 3. The van der Waals surface area contributed by atoms with Gasteiger partial charge < -0.3 is 20.5 Å². The molecule has 2 atom stereocenters. The maximum Gasteiger partial charge on any atom is 0.253 e. The van der Waals surface area contributed by atoms with Gasteiger partial charge >= 0.3 is 0 Å². The maximum atomic E-state index is 12.8. The largest absolute Gasteiger partial charge is 0.361 e. The van der Waals surface area contributed by atoms with Crippen molar-refractivity contribution in [1.29, 1.82) is 0 Å². The molecule has 2 aliphatic heterocycles. The van der Waals surface area contributed by atoms with Gasteiger partial charge in [0.1, 0.15) is 6.04 Å². The summed E-state index contributed by atoms with van der Waals surface area (Å²) in [6, 6.07) is 14.8. The third-order valence-electron chi connectivity index (χ3n) is 6.98. The standard InChI is InChI=1S/C26H28N4O3/c1-17-7-8-21-20(13-17)19(15-28-21)9-11-27-23(31)22-14-26(25(33)29-22)10-12-30(16-26)24(32)18-5-3-2-4-6-18/h2-8,13,15,22,28H,9-12,14,16H2,1H3,(H,27,31)(H,29,33)/t22-,26-/m0/s1. The van der Waals surface area contributed by atoms with Gasteiger partial charge in [0.15, 0.2) is 0 Å². The van der Waals surface area contributed by atoms with Crippen LogP contribution in [0.5, 0.6) is 0 Å². The lowest BCUT2D eigenvalue weighted by atomic mass is 9.84. The number of carbonyl (C=O) groups is 3. The minimum atomic E-state index is -0.680. The van der Waals surface area contributed by atoms with E-state index >= 15 is 0 Å². The van der Waals surface area contributed by atoms with Crippen LogP contribution in [0.4, 0.5) is 0 Å². The Morgan fingerprint density at radius 1 is 1.18 bits per heavy atom. The topological polar surface area (TPSA) is 94.3 Å². The fraction of sp³-hybridized carbons (Fsp3) is 0.346. The summed E-state index contributed by atoms with van der Waals surface area (Å²) >= 11 is 0. The number of benzene rings is 2. The van der Waals surface area contributed by atoms with Crippen LogP contribution in [0.15, 0.2) is 54.7 Å². The molecule has 5 rings (SSSR count). The number of carbonyl (C=O) groups excluding carboxylic acids is 3. The Kier molecular flexibility index (Phi) is 5.40. The van der Waals surface area contributed by atoms with Gasteiger partial charge in [-0.15, -0.1) is 0 Å². The first-order valence-electron chi connectivity index (χ1n) is 11.4. The zero-order valence-electron chi connectivity index (χ0n) is 18.7. The van der Waals surface area contributed by atoms with Gasteiger partial charge in [0.05, 0.1) is 5.41 Å². The van der Waals surface area contributed by atoms with Gasteiger partial charge in [-0.3, -0.25) is 14.4 Å². The number of likely N-dealkylation sites (tertiary alicyclic amines) is 1. The van der Waals surface area contributed by atoms with E-state index in [-0.39, 0.29) is 17.7 Å². The molecular formula is C26H28N4O3. The zero-order chi connectivity index (χ0) is 23.0. The number of fused-ring (bicyclic) bond motifs is 1. The van der Waals surface area contributed by atoms with E-state index in [1.807, 2.05) is 24.4 Å². The van der Waals surface area contributed by atoms with Crippen LogP contribution in [0.1, 0.15) is 34.3 Å². The molecule has 2 saturated heterocycles. The van der Waals surface area contributed by atoms with Crippen molar-refractivity contribution in [3.05, 3.63) is 71.4 Å². The van der Waals surface area contributed by atoms with E-state index in [0.717, 1.165) is 11.1 Å². The maximum absolute atomic E-state index is 12.8. The van der Waals surface area contributed by atoms with Gasteiger partial charge in [-0.2, -0.15) is 0 Å². The van der Waals surface area contributed by atoms with Gasteiger partial charge in [-0.05, 0) is 56.0 Å². The summed E-state index contributed by atoms with van der Waals surface area (Å²) in [5.74, 6) is -0.357. The molecule has 3 amide bonds. The summed E-state index contributed by atoms with van der Waals surface area (Å²) in [6.07, 6.45) is 3.69. The van der Waals surface area contributed by atoms with Crippen molar-refractivity contribution in [2.24, 2.45) is 5.41 Å². The summed E-state index contributed by atoms with van der Waals surface area (Å²) in [4.78, 5) is 43.4. The average molecular weight is 445 g/mol. The van der Waals surface area contributed by atoms with E-state index in [2.05, 4.69) is 40.7 Å². The van der Waals surface area contributed by atoms with Crippen LogP contribution < -0.4 is 10.6 Å². The lowest BCUT2D eigenvalue weighted by Gasteiger charge is -2.21. The molecular weight excluding hydrogens is 416 g/mol. The summed E-state index contributed by atoms with van der Waals surface area (Å²) < 4.78 is 0. The van der Waals surface area contributed by atoms with E-state index in [9.17, 15) is 14.4 Å². The molecule has 0 radical (unpaired) electrons. The smallest absolute Gasteiger partial charge is 0.253 e. The summed E-state index contributed by atoms with van der Waals surface area (Å²) in [5.41, 5.74) is 3.38. The second-order valence-electron chi connectivity index (χ2n) is 9.26. The molecule has 3 heterocycles. The van der Waals surface area contributed by atoms with Crippen molar-refractivity contribution in [3.8, 4) is 0 Å². The zero-order valence-corrected chi connectivity index (χ0v) is 18.7.